The standard InChI is InChI=1S/C10H14NO2PSe/c1-9-7-8-12-14(15,13-9)11-10-5-3-2-4-6-10/h2-6,9H,7-8H2,1H3,(H,11,15)/t9-,14-/m1/s1. The van der Waals surface area contributed by atoms with E-state index in [0.29, 0.717) is 0 Å². The third kappa shape index (κ3) is 3.17. The first-order valence-corrected chi connectivity index (χ1v) is 8.78. The van der Waals surface area contributed by atoms with Gasteiger partial charge in [-0.15, -0.1) is 0 Å². The molecule has 0 radical (unpaired) electrons. The summed E-state index contributed by atoms with van der Waals surface area (Å²) in [6.07, 6.45) is -0.804. The Balaban J connectivity index is 2.07. The van der Waals surface area contributed by atoms with Crippen molar-refractivity contribution in [2.24, 2.45) is 0 Å². The van der Waals surface area contributed by atoms with E-state index in [-0.39, 0.29) is 6.10 Å². The predicted octanol–water partition coefficient (Wildman–Crippen LogP) is 2.77. The van der Waals surface area contributed by atoms with Crippen molar-refractivity contribution in [3.63, 3.8) is 0 Å². The molecule has 1 fully saturated rings. The fourth-order valence-electron chi connectivity index (χ4n) is 1.39. The van der Waals surface area contributed by atoms with Gasteiger partial charge >= 0.3 is 97.4 Å². The third-order valence-corrected chi connectivity index (χ3v) is 5.62. The number of nitrogens with one attached hydrogen (secondary N) is 1. The SMILES string of the molecule is C[C@@H]1CCO[P@](=[Se])(Nc2ccccc2)O1. The average Bonchev–Trinajstić information content (AvgIpc) is 2.18. The Bertz CT molecular complexity index is 371. The molecule has 0 aromatic heterocycles. The molecule has 1 aromatic carbocycles. The number of rotatable bonds is 2. The van der Waals surface area contributed by atoms with Gasteiger partial charge in [-0.05, 0) is 0 Å². The van der Waals surface area contributed by atoms with E-state index in [9.17, 15) is 0 Å². The van der Waals surface area contributed by atoms with Crippen LogP contribution in [-0.2, 0) is 9.05 Å². The van der Waals surface area contributed by atoms with Crippen LogP contribution < -0.4 is 5.09 Å². The molecular formula is C10H14NO2PSe. The Morgan fingerprint density at radius 3 is 2.80 bits per heavy atom. The van der Waals surface area contributed by atoms with Crippen LogP contribution in [0, 0.1) is 0 Å². The average molecular weight is 290 g/mol. The molecule has 15 heavy (non-hydrogen) atoms. The molecule has 0 amide bonds. The number of para-hydroxylation sites is 1. The molecule has 0 bridgehead atoms. The minimum absolute atomic E-state index is 0.254. The molecule has 0 spiro atoms. The summed E-state index contributed by atoms with van der Waals surface area (Å²) in [5, 5.41) is 3.30. The molecule has 2 rings (SSSR count). The quantitative estimate of drug-likeness (QED) is 0.671. The van der Waals surface area contributed by atoms with Crippen LogP contribution in [0.25, 0.3) is 0 Å². The van der Waals surface area contributed by atoms with Crippen molar-refractivity contribution >= 4 is 26.9 Å². The molecule has 5 heteroatoms. The zero-order chi connectivity index (χ0) is 10.7. The number of hydrogen-bond acceptors (Lipinski definition) is 3. The normalized spacial score (nSPS) is 31.1. The monoisotopic (exact) mass is 291 g/mol. The molecule has 2 atom stereocenters. The third-order valence-electron chi connectivity index (χ3n) is 2.14. The zero-order valence-electron chi connectivity index (χ0n) is 8.55. The summed E-state index contributed by atoms with van der Waals surface area (Å²) >= 11 is 3.03. The van der Waals surface area contributed by atoms with Gasteiger partial charge in [-0.1, -0.05) is 0 Å². The molecule has 1 aliphatic rings. The predicted molar refractivity (Wildman–Crippen MR) is 63.9 cm³/mol. The van der Waals surface area contributed by atoms with Crippen molar-refractivity contribution in [1.82, 2.24) is 0 Å². The maximum atomic E-state index is 5.80. The van der Waals surface area contributed by atoms with Crippen LogP contribution >= 0.6 is 6.11 Å². The van der Waals surface area contributed by atoms with Gasteiger partial charge in [0.05, 0.1) is 0 Å². The molecule has 0 unspecified atom stereocenters. The van der Waals surface area contributed by atoms with Crippen molar-refractivity contribution in [2.75, 3.05) is 11.7 Å². The first kappa shape index (κ1) is 11.4. The van der Waals surface area contributed by atoms with Crippen LogP contribution in [0.1, 0.15) is 13.3 Å². The van der Waals surface area contributed by atoms with E-state index in [1.807, 2.05) is 30.3 Å². The van der Waals surface area contributed by atoms with Crippen molar-refractivity contribution < 1.29 is 9.05 Å². The van der Waals surface area contributed by atoms with Crippen LogP contribution in [0.3, 0.4) is 0 Å². The Morgan fingerprint density at radius 1 is 1.40 bits per heavy atom. The first-order valence-electron chi connectivity index (χ1n) is 4.94. The van der Waals surface area contributed by atoms with E-state index in [0.717, 1.165) is 18.7 Å². The van der Waals surface area contributed by atoms with Crippen molar-refractivity contribution in [1.29, 1.82) is 0 Å². The summed E-state index contributed by atoms with van der Waals surface area (Å²) in [5.41, 5.74) is 1.03. The Hall–Kier alpha value is -0.111. The summed E-state index contributed by atoms with van der Waals surface area (Å²) < 4.78 is 11.5. The molecule has 1 saturated heterocycles. The van der Waals surface area contributed by atoms with E-state index in [1.54, 1.807) is 0 Å². The first-order chi connectivity index (χ1) is 7.18. The molecular weight excluding hydrogens is 276 g/mol. The molecule has 3 nitrogen and oxygen atoms in total. The van der Waals surface area contributed by atoms with E-state index in [4.69, 9.17) is 9.05 Å². The minimum atomic E-state index is -2.02. The molecule has 0 aliphatic carbocycles. The second-order valence-electron chi connectivity index (χ2n) is 3.51. The Labute approximate surface area is 97.6 Å². The molecule has 82 valence electrons. The van der Waals surface area contributed by atoms with E-state index < -0.39 is 6.11 Å². The van der Waals surface area contributed by atoms with Crippen LogP contribution in [0.15, 0.2) is 30.3 Å². The molecule has 1 aromatic rings. The van der Waals surface area contributed by atoms with Gasteiger partial charge in [0.15, 0.2) is 0 Å². The van der Waals surface area contributed by atoms with Gasteiger partial charge in [-0.2, -0.15) is 0 Å². The van der Waals surface area contributed by atoms with Crippen molar-refractivity contribution in [2.45, 2.75) is 19.4 Å². The van der Waals surface area contributed by atoms with Crippen LogP contribution in [0.5, 0.6) is 0 Å². The van der Waals surface area contributed by atoms with Gasteiger partial charge in [-0.25, -0.2) is 0 Å². The summed E-state index contributed by atoms with van der Waals surface area (Å²) in [6, 6.07) is 9.97. The second kappa shape index (κ2) is 4.82. The van der Waals surface area contributed by atoms with Gasteiger partial charge < -0.3 is 0 Å². The van der Waals surface area contributed by atoms with Gasteiger partial charge in [0.25, 0.3) is 0 Å². The second-order valence-corrected chi connectivity index (χ2v) is 8.23. The summed E-state index contributed by atoms with van der Waals surface area (Å²) in [5.74, 6) is 0. The van der Waals surface area contributed by atoms with Gasteiger partial charge in [-0.3, -0.25) is 0 Å². The van der Waals surface area contributed by atoms with Crippen LogP contribution in [-0.4, -0.2) is 27.8 Å². The number of benzene rings is 1. The van der Waals surface area contributed by atoms with E-state index in [1.165, 1.54) is 0 Å². The maximum absolute atomic E-state index is 5.80. The molecule has 1 aliphatic heterocycles. The van der Waals surface area contributed by atoms with Crippen molar-refractivity contribution in [3.8, 4) is 0 Å². The van der Waals surface area contributed by atoms with Crippen LogP contribution in [0.4, 0.5) is 5.69 Å². The zero-order valence-corrected chi connectivity index (χ0v) is 11.2. The van der Waals surface area contributed by atoms with Crippen molar-refractivity contribution in [3.05, 3.63) is 30.3 Å². The Kier molecular flexibility index (Phi) is 3.65. The summed E-state index contributed by atoms with van der Waals surface area (Å²) in [7, 11) is 0. The molecule has 1 heterocycles. The Morgan fingerprint density at radius 2 is 2.13 bits per heavy atom. The van der Waals surface area contributed by atoms with Crippen LogP contribution in [0.2, 0.25) is 0 Å². The molecule has 1 N–H and O–H groups in total. The molecule has 0 saturated carbocycles. The van der Waals surface area contributed by atoms with Gasteiger partial charge in [0, 0.05) is 0 Å². The van der Waals surface area contributed by atoms with Gasteiger partial charge in [0.2, 0.25) is 0 Å². The van der Waals surface area contributed by atoms with E-state index in [2.05, 4.69) is 27.1 Å². The van der Waals surface area contributed by atoms with Gasteiger partial charge in [0.1, 0.15) is 0 Å². The number of hydrogen-bond donors (Lipinski definition) is 1. The fraction of sp³-hybridized carbons (Fsp3) is 0.400. The summed E-state index contributed by atoms with van der Waals surface area (Å²) in [6.45, 7) is 2.82. The fourth-order valence-corrected chi connectivity index (χ4v) is 5.01. The van der Waals surface area contributed by atoms with E-state index >= 15 is 0 Å². The summed E-state index contributed by atoms with van der Waals surface area (Å²) in [4.78, 5) is 0. The number of anilines is 1. The topological polar surface area (TPSA) is 30.5 Å².